The van der Waals surface area contributed by atoms with Crippen molar-refractivity contribution in [1.82, 2.24) is 10.7 Å². The van der Waals surface area contributed by atoms with Gasteiger partial charge in [-0.05, 0) is 50.3 Å². The van der Waals surface area contributed by atoms with E-state index in [1.807, 2.05) is 6.92 Å². The Labute approximate surface area is 162 Å². The molecule has 144 valence electrons. The lowest BCUT2D eigenvalue weighted by Crippen LogP contribution is -2.28. The van der Waals surface area contributed by atoms with Crippen LogP contribution in [0.2, 0.25) is 0 Å². The maximum Gasteiger partial charge on any atom is 0.240 e. The van der Waals surface area contributed by atoms with E-state index >= 15 is 0 Å². The number of hydrogen-bond acceptors (Lipinski definition) is 5. The van der Waals surface area contributed by atoms with Crippen molar-refractivity contribution in [2.75, 3.05) is 5.32 Å². The summed E-state index contributed by atoms with van der Waals surface area (Å²) in [7, 11) is 0. The maximum absolute atomic E-state index is 13.6. The summed E-state index contributed by atoms with van der Waals surface area (Å²) in [6, 6.07) is 5.93. The van der Waals surface area contributed by atoms with Crippen molar-refractivity contribution in [3.05, 3.63) is 41.4 Å². The number of anilines is 1. The molecule has 8 heteroatoms. The molecule has 0 radical (unpaired) electrons. The number of carbonyl (C=O) groups excluding carboxylic acids is 2. The predicted octanol–water partition coefficient (Wildman–Crippen LogP) is 3.48. The molecule has 1 aliphatic carbocycles. The van der Waals surface area contributed by atoms with Crippen molar-refractivity contribution >= 4 is 34.4 Å². The molecular formula is C19H23FN4O2S. The fraction of sp³-hybridized carbons (Fsp3) is 0.421. The standard InChI is InChI=1S/C19H23FN4O2S/c1-12(13-7-3-2-4-8-13)23-24-19-22-18(26)16(27-19)11-17(25)21-15-10-6-5-9-14(15)20/h5-6,9-10,16,23H,2-4,7-8,11H2,1H3,(H,21,25)(H,22,24,26)/t16-/m0/s1. The van der Waals surface area contributed by atoms with Gasteiger partial charge in [-0.2, -0.15) is 5.10 Å². The van der Waals surface area contributed by atoms with E-state index in [4.69, 9.17) is 0 Å². The molecule has 2 fully saturated rings. The van der Waals surface area contributed by atoms with Crippen LogP contribution in [0.25, 0.3) is 0 Å². The van der Waals surface area contributed by atoms with Gasteiger partial charge in [-0.15, -0.1) is 0 Å². The highest BCUT2D eigenvalue weighted by Gasteiger charge is 2.32. The van der Waals surface area contributed by atoms with E-state index in [0.717, 1.165) is 18.5 Å². The summed E-state index contributed by atoms with van der Waals surface area (Å²) < 4.78 is 13.6. The lowest BCUT2D eigenvalue weighted by molar-refractivity contribution is -0.122. The third-order valence-electron chi connectivity index (χ3n) is 4.61. The number of nitrogens with zero attached hydrogens (tertiary/aromatic N) is 1. The number of hydrogen-bond donors (Lipinski definition) is 3. The van der Waals surface area contributed by atoms with E-state index in [1.165, 1.54) is 48.7 Å². The molecule has 1 aromatic rings. The van der Waals surface area contributed by atoms with Crippen LogP contribution in [0.3, 0.4) is 0 Å². The highest BCUT2D eigenvalue weighted by atomic mass is 32.2. The summed E-state index contributed by atoms with van der Waals surface area (Å²) in [6.07, 6.45) is 5.80. The number of para-hydroxylation sites is 1. The lowest BCUT2D eigenvalue weighted by atomic mass is 9.94. The minimum absolute atomic E-state index is 0.0517. The fourth-order valence-electron chi connectivity index (χ4n) is 3.09. The number of amidine groups is 1. The second-order valence-electron chi connectivity index (χ2n) is 6.65. The first-order chi connectivity index (χ1) is 13.0. The predicted molar refractivity (Wildman–Crippen MR) is 106 cm³/mol. The second kappa shape index (κ2) is 9.03. The Balaban J connectivity index is 1.54. The molecule has 2 aliphatic rings. The van der Waals surface area contributed by atoms with Crippen molar-refractivity contribution in [3.8, 4) is 0 Å². The number of halogens is 1. The zero-order chi connectivity index (χ0) is 19.2. The monoisotopic (exact) mass is 390 g/mol. The average molecular weight is 390 g/mol. The lowest BCUT2D eigenvalue weighted by Gasteiger charge is -2.16. The Morgan fingerprint density at radius 1 is 1.30 bits per heavy atom. The first-order valence-corrected chi connectivity index (χ1v) is 9.95. The van der Waals surface area contributed by atoms with Crippen molar-refractivity contribution in [1.29, 1.82) is 0 Å². The Bertz CT molecular complexity index is 786. The van der Waals surface area contributed by atoms with Gasteiger partial charge in [0, 0.05) is 12.1 Å². The molecule has 27 heavy (non-hydrogen) atoms. The number of benzene rings is 1. The molecule has 1 aromatic carbocycles. The first kappa shape index (κ1) is 19.4. The van der Waals surface area contributed by atoms with Gasteiger partial charge in [0.05, 0.1) is 5.69 Å². The van der Waals surface area contributed by atoms with Crippen molar-refractivity contribution in [2.24, 2.45) is 5.10 Å². The SMILES string of the molecule is CC(N/N=C1/NC(=O)[C@H](CC(=O)Nc2ccccc2F)S1)=C1CCCCC1. The van der Waals surface area contributed by atoms with E-state index in [1.54, 1.807) is 12.1 Å². The molecule has 1 saturated carbocycles. The van der Waals surface area contributed by atoms with Gasteiger partial charge < -0.3 is 10.6 Å². The fourth-order valence-corrected chi connectivity index (χ4v) is 4.02. The molecule has 0 aromatic heterocycles. The molecular weight excluding hydrogens is 367 g/mol. The molecule has 3 N–H and O–H groups in total. The summed E-state index contributed by atoms with van der Waals surface area (Å²) in [4.78, 5) is 24.2. The molecule has 1 saturated heterocycles. The van der Waals surface area contributed by atoms with Crippen LogP contribution in [0.5, 0.6) is 0 Å². The summed E-state index contributed by atoms with van der Waals surface area (Å²) in [5.41, 5.74) is 5.53. The maximum atomic E-state index is 13.6. The highest BCUT2D eigenvalue weighted by molar-refractivity contribution is 8.15. The van der Waals surface area contributed by atoms with Gasteiger partial charge in [0.15, 0.2) is 5.17 Å². The van der Waals surface area contributed by atoms with Crippen LogP contribution >= 0.6 is 11.8 Å². The van der Waals surface area contributed by atoms with Crippen molar-refractivity contribution in [3.63, 3.8) is 0 Å². The zero-order valence-electron chi connectivity index (χ0n) is 15.2. The third-order valence-corrected chi connectivity index (χ3v) is 5.69. The van der Waals surface area contributed by atoms with E-state index in [9.17, 15) is 14.0 Å². The minimum Gasteiger partial charge on any atom is -0.324 e. The van der Waals surface area contributed by atoms with Gasteiger partial charge in [-0.1, -0.05) is 30.3 Å². The molecule has 0 spiro atoms. The van der Waals surface area contributed by atoms with E-state index in [0.29, 0.717) is 5.17 Å². The molecule has 6 nitrogen and oxygen atoms in total. The number of thioether (sulfide) groups is 1. The quantitative estimate of drug-likeness (QED) is 0.672. The summed E-state index contributed by atoms with van der Waals surface area (Å²) in [6.45, 7) is 1.99. The Kier molecular flexibility index (Phi) is 6.49. The molecule has 2 amide bonds. The van der Waals surface area contributed by atoms with E-state index in [2.05, 4.69) is 21.2 Å². The molecule has 1 atom stereocenters. The van der Waals surface area contributed by atoms with Crippen LogP contribution in [0.4, 0.5) is 10.1 Å². The summed E-state index contributed by atoms with van der Waals surface area (Å²) in [5, 5.41) is 9.29. The highest BCUT2D eigenvalue weighted by Crippen LogP contribution is 2.26. The van der Waals surface area contributed by atoms with Gasteiger partial charge in [-0.25, -0.2) is 4.39 Å². The second-order valence-corrected chi connectivity index (χ2v) is 7.84. The van der Waals surface area contributed by atoms with Gasteiger partial charge in [0.2, 0.25) is 11.8 Å². The first-order valence-electron chi connectivity index (χ1n) is 9.07. The van der Waals surface area contributed by atoms with Crippen LogP contribution < -0.4 is 16.1 Å². The molecule has 1 heterocycles. The Hall–Kier alpha value is -2.35. The topological polar surface area (TPSA) is 82.6 Å². The Morgan fingerprint density at radius 2 is 2.04 bits per heavy atom. The summed E-state index contributed by atoms with van der Waals surface area (Å²) in [5.74, 6) is -1.19. The van der Waals surface area contributed by atoms with Gasteiger partial charge in [-0.3, -0.25) is 15.0 Å². The minimum atomic E-state index is -0.583. The van der Waals surface area contributed by atoms with E-state index in [-0.39, 0.29) is 18.0 Å². The smallest absolute Gasteiger partial charge is 0.240 e. The van der Waals surface area contributed by atoms with Crippen molar-refractivity contribution < 1.29 is 14.0 Å². The number of hydrazone groups is 1. The number of allylic oxidation sites excluding steroid dienone is 2. The number of amides is 2. The molecule has 3 rings (SSSR count). The van der Waals surface area contributed by atoms with Gasteiger partial charge in [0.25, 0.3) is 0 Å². The van der Waals surface area contributed by atoms with Crippen LogP contribution in [0, 0.1) is 5.82 Å². The molecule has 0 bridgehead atoms. The largest absolute Gasteiger partial charge is 0.324 e. The van der Waals surface area contributed by atoms with Crippen LogP contribution in [-0.2, 0) is 9.59 Å². The Morgan fingerprint density at radius 3 is 2.78 bits per heavy atom. The number of rotatable bonds is 5. The number of nitrogens with one attached hydrogen (secondary N) is 3. The average Bonchev–Trinajstić information content (AvgIpc) is 3.01. The van der Waals surface area contributed by atoms with Crippen LogP contribution in [0.15, 0.2) is 40.6 Å². The van der Waals surface area contributed by atoms with E-state index < -0.39 is 17.0 Å². The third kappa shape index (κ3) is 5.32. The zero-order valence-corrected chi connectivity index (χ0v) is 16.0. The number of carbonyl (C=O) groups is 2. The van der Waals surface area contributed by atoms with Gasteiger partial charge >= 0.3 is 0 Å². The molecule has 0 unspecified atom stereocenters. The summed E-state index contributed by atoms with van der Waals surface area (Å²) >= 11 is 1.20. The molecule has 1 aliphatic heterocycles. The van der Waals surface area contributed by atoms with Crippen molar-refractivity contribution in [2.45, 2.75) is 50.7 Å². The normalized spacial score (nSPS) is 21.1. The van der Waals surface area contributed by atoms with Crippen LogP contribution in [-0.4, -0.2) is 22.2 Å². The van der Waals surface area contributed by atoms with Crippen LogP contribution in [0.1, 0.15) is 45.4 Å². The van der Waals surface area contributed by atoms with Gasteiger partial charge in [0.1, 0.15) is 11.1 Å².